The Hall–Kier alpha value is -2.90. The van der Waals surface area contributed by atoms with Gasteiger partial charge in [-0.05, 0) is 31.0 Å². The maximum Gasteiger partial charge on any atom is 0.240 e. The van der Waals surface area contributed by atoms with Crippen molar-refractivity contribution in [2.75, 3.05) is 6.54 Å². The second kappa shape index (κ2) is 8.20. The van der Waals surface area contributed by atoms with Crippen LogP contribution in [0.15, 0.2) is 71.9 Å². The fourth-order valence-electron chi connectivity index (χ4n) is 2.52. The first-order valence-electron chi connectivity index (χ1n) is 8.43. The Morgan fingerprint density at radius 2 is 1.70 bits per heavy atom. The second-order valence-corrected chi connectivity index (χ2v) is 7.78. The number of aromatic nitrogens is 2. The van der Waals surface area contributed by atoms with Crippen LogP contribution in [0.2, 0.25) is 0 Å². The minimum atomic E-state index is -3.68. The van der Waals surface area contributed by atoms with Gasteiger partial charge in [0.2, 0.25) is 10.0 Å². The SMILES string of the molecule is CC(=O)c1cccc(S(=O)(=O)NCCc2cnc(-c3ccccc3)nc2)c1. The highest BCUT2D eigenvalue weighted by atomic mass is 32.2. The van der Waals surface area contributed by atoms with Crippen LogP contribution < -0.4 is 4.72 Å². The van der Waals surface area contributed by atoms with Gasteiger partial charge in [-0.1, -0.05) is 42.5 Å². The van der Waals surface area contributed by atoms with Gasteiger partial charge >= 0.3 is 0 Å². The van der Waals surface area contributed by atoms with Crippen molar-refractivity contribution in [1.29, 1.82) is 0 Å². The van der Waals surface area contributed by atoms with E-state index in [4.69, 9.17) is 0 Å². The van der Waals surface area contributed by atoms with E-state index in [1.807, 2.05) is 30.3 Å². The number of ketones is 1. The van der Waals surface area contributed by atoms with Gasteiger partial charge in [-0.2, -0.15) is 0 Å². The summed E-state index contributed by atoms with van der Waals surface area (Å²) in [5.74, 6) is 0.448. The lowest BCUT2D eigenvalue weighted by Crippen LogP contribution is -2.26. The van der Waals surface area contributed by atoms with E-state index in [1.165, 1.54) is 19.1 Å². The van der Waals surface area contributed by atoms with Gasteiger partial charge in [0.15, 0.2) is 11.6 Å². The summed E-state index contributed by atoms with van der Waals surface area (Å²) in [6.45, 7) is 1.61. The Labute approximate surface area is 158 Å². The normalized spacial score (nSPS) is 11.3. The quantitative estimate of drug-likeness (QED) is 0.636. The van der Waals surface area contributed by atoms with Crippen LogP contribution in [-0.2, 0) is 16.4 Å². The molecule has 0 unspecified atom stereocenters. The third-order valence-electron chi connectivity index (χ3n) is 3.99. The third-order valence-corrected chi connectivity index (χ3v) is 5.45. The van der Waals surface area contributed by atoms with Gasteiger partial charge in [0.1, 0.15) is 0 Å². The van der Waals surface area contributed by atoms with E-state index in [1.54, 1.807) is 24.5 Å². The Morgan fingerprint density at radius 1 is 1.00 bits per heavy atom. The molecule has 1 heterocycles. The van der Waals surface area contributed by atoms with E-state index >= 15 is 0 Å². The Bertz CT molecular complexity index is 1030. The maximum absolute atomic E-state index is 12.4. The van der Waals surface area contributed by atoms with E-state index in [0.29, 0.717) is 17.8 Å². The summed E-state index contributed by atoms with van der Waals surface area (Å²) in [5, 5.41) is 0. The Kier molecular flexibility index (Phi) is 5.73. The molecular formula is C20H19N3O3S. The molecule has 2 aromatic carbocycles. The van der Waals surface area contributed by atoms with Gasteiger partial charge in [-0.3, -0.25) is 4.79 Å². The number of sulfonamides is 1. The van der Waals surface area contributed by atoms with Crippen molar-refractivity contribution in [2.24, 2.45) is 0 Å². The molecule has 27 heavy (non-hydrogen) atoms. The number of carbonyl (C=O) groups is 1. The lowest BCUT2D eigenvalue weighted by atomic mass is 10.2. The average molecular weight is 381 g/mol. The number of benzene rings is 2. The first kappa shape index (κ1) is 18.9. The van der Waals surface area contributed by atoms with Gasteiger partial charge in [0.25, 0.3) is 0 Å². The molecule has 0 amide bonds. The van der Waals surface area contributed by atoms with Crippen molar-refractivity contribution < 1.29 is 13.2 Å². The molecule has 1 aromatic heterocycles. The Morgan fingerprint density at radius 3 is 2.37 bits per heavy atom. The van der Waals surface area contributed by atoms with E-state index < -0.39 is 10.0 Å². The molecule has 0 aliphatic rings. The molecule has 1 N–H and O–H groups in total. The molecule has 3 rings (SSSR count). The summed E-state index contributed by atoms with van der Waals surface area (Å²) in [5.41, 5.74) is 2.12. The topological polar surface area (TPSA) is 89.0 Å². The van der Waals surface area contributed by atoms with Crippen molar-refractivity contribution in [3.8, 4) is 11.4 Å². The predicted molar refractivity (Wildman–Crippen MR) is 103 cm³/mol. The summed E-state index contributed by atoms with van der Waals surface area (Å²) < 4.78 is 27.3. The fraction of sp³-hybridized carbons (Fsp3) is 0.150. The Balaban J connectivity index is 1.62. The van der Waals surface area contributed by atoms with Crippen molar-refractivity contribution >= 4 is 15.8 Å². The summed E-state index contributed by atoms with van der Waals surface area (Å²) in [4.78, 5) is 20.2. The lowest BCUT2D eigenvalue weighted by Gasteiger charge is -2.08. The fourth-order valence-corrected chi connectivity index (χ4v) is 3.59. The van der Waals surface area contributed by atoms with Gasteiger partial charge in [0, 0.05) is 30.1 Å². The zero-order valence-electron chi connectivity index (χ0n) is 14.8. The zero-order valence-corrected chi connectivity index (χ0v) is 15.6. The molecule has 0 spiro atoms. The molecule has 3 aromatic rings. The van der Waals surface area contributed by atoms with Gasteiger partial charge in [0.05, 0.1) is 4.90 Å². The first-order chi connectivity index (χ1) is 13.0. The standard InChI is InChI=1S/C20H19N3O3S/c1-15(24)18-8-5-9-19(12-18)27(25,26)23-11-10-16-13-21-20(22-14-16)17-6-3-2-4-7-17/h2-9,12-14,23H,10-11H2,1H3. The molecule has 0 fully saturated rings. The van der Waals surface area contributed by atoms with Crippen molar-refractivity contribution in [3.05, 3.63) is 78.1 Å². The van der Waals surface area contributed by atoms with E-state index in [2.05, 4.69) is 14.7 Å². The molecule has 0 saturated carbocycles. The van der Waals surface area contributed by atoms with Crippen molar-refractivity contribution in [3.63, 3.8) is 0 Å². The van der Waals surface area contributed by atoms with Gasteiger partial charge < -0.3 is 0 Å². The number of nitrogens with zero attached hydrogens (tertiary/aromatic N) is 2. The number of hydrogen-bond acceptors (Lipinski definition) is 5. The number of carbonyl (C=O) groups excluding carboxylic acids is 1. The van der Waals surface area contributed by atoms with Crippen LogP contribution in [0.4, 0.5) is 0 Å². The molecular weight excluding hydrogens is 362 g/mol. The minimum absolute atomic E-state index is 0.0749. The smallest absolute Gasteiger partial charge is 0.240 e. The minimum Gasteiger partial charge on any atom is -0.295 e. The molecule has 6 nitrogen and oxygen atoms in total. The second-order valence-electron chi connectivity index (χ2n) is 6.01. The van der Waals surface area contributed by atoms with Crippen LogP contribution in [0, 0.1) is 0 Å². The number of hydrogen-bond donors (Lipinski definition) is 1. The van der Waals surface area contributed by atoms with E-state index in [9.17, 15) is 13.2 Å². The van der Waals surface area contributed by atoms with Crippen molar-refractivity contribution in [2.45, 2.75) is 18.2 Å². The average Bonchev–Trinajstić information content (AvgIpc) is 2.69. The van der Waals surface area contributed by atoms with E-state index in [-0.39, 0.29) is 17.2 Å². The van der Waals surface area contributed by atoms with Gasteiger partial charge in [-0.25, -0.2) is 23.1 Å². The van der Waals surface area contributed by atoms with Crippen LogP contribution in [-0.4, -0.2) is 30.7 Å². The largest absolute Gasteiger partial charge is 0.295 e. The summed E-state index contributed by atoms with van der Waals surface area (Å²) in [7, 11) is -3.68. The van der Waals surface area contributed by atoms with Crippen LogP contribution in [0.1, 0.15) is 22.8 Å². The molecule has 0 aliphatic carbocycles. The van der Waals surface area contributed by atoms with Crippen LogP contribution >= 0.6 is 0 Å². The highest BCUT2D eigenvalue weighted by Gasteiger charge is 2.15. The lowest BCUT2D eigenvalue weighted by molar-refractivity contribution is 0.101. The summed E-state index contributed by atoms with van der Waals surface area (Å²) in [6, 6.07) is 15.6. The molecule has 7 heteroatoms. The van der Waals surface area contributed by atoms with Crippen molar-refractivity contribution in [1.82, 2.24) is 14.7 Å². The maximum atomic E-state index is 12.4. The molecule has 0 bridgehead atoms. The predicted octanol–water partition coefficient (Wildman–Crippen LogP) is 2.87. The highest BCUT2D eigenvalue weighted by molar-refractivity contribution is 7.89. The third kappa shape index (κ3) is 4.84. The summed E-state index contributed by atoms with van der Waals surface area (Å²) in [6.07, 6.45) is 3.85. The van der Waals surface area contributed by atoms with Crippen LogP contribution in [0.5, 0.6) is 0 Å². The highest BCUT2D eigenvalue weighted by Crippen LogP contribution is 2.14. The van der Waals surface area contributed by atoms with Crippen LogP contribution in [0.25, 0.3) is 11.4 Å². The molecule has 0 radical (unpaired) electrons. The number of nitrogens with one attached hydrogen (secondary N) is 1. The van der Waals surface area contributed by atoms with E-state index in [0.717, 1.165) is 11.1 Å². The summed E-state index contributed by atoms with van der Waals surface area (Å²) >= 11 is 0. The molecule has 138 valence electrons. The molecule has 0 saturated heterocycles. The first-order valence-corrected chi connectivity index (χ1v) is 9.91. The van der Waals surface area contributed by atoms with Gasteiger partial charge in [-0.15, -0.1) is 0 Å². The number of rotatable bonds is 7. The van der Waals surface area contributed by atoms with Crippen LogP contribution in [0.3, 0.4) is 0 Å². The molecule has 0 aliphatic heterocycles. The number of Topliss-reactive ketones (excluding diaryl/α,β-unsaturated/α-hetero) is 1. The zero-order chi connectivity index (χ0) is 19.3. The molecule has 0 atom stereocenters. The monoisotopic (exact) mass is 381 g/mol.